The lowest BCUT2D eigenvalue weighted by Crippen LogP contribution is -2.47. The molecule has 0 saturated carbocycles. The zero-order chi connectivity index (χ0) is 14.7. The topological polar surface area (TPSA) is 24.5 Å². The molecule has 3 heterocycles. The monoisotopic (exact) mass is 294 g/mol. The molecule has 3 saturated heterocycles. The van der Waals surface area contributed by atoms with Gasteiger partial charge in [-0.2, -0.15) is 0 Å². The summed E-state index contributed by atoms with van der Waals surface area (Å²) in [5.74, 6) is 0.906. The van der Waals surface area contributed by atoms with Gasteiger partial charge in [-0.25, -0.2) is 0 Å². The third kappa shape index (κ3) is 3.80. The zero-order valence-electron chi connectivity index (χ0n) is 14.0. The van der Waals surface area contributed by atoms with Gasteiger partial charge in [0.2, 0.25) is 0 Å². The maximum absolute atomic E-state index is 5.77. The lowest BCUT2D eigenvalue weighted by molar-refractivity contribution is 0.0931. The van der Waals surface area contributed by atoms with Crippen LogP contribution in [0.1, 0.15) is 64.7 Å². The van der Waals surface area contributed by atoms with E-state index in [4.69, 9.17) is 4.74 Å². The van der Waals surface area contributed by atoms with E-state index in [0.717, 1.165) is 37.2 Å². The van der Waals surface area contributed by atoms with Crippen LogP contribution in [0.25, 0.3) is 0 Å². The highest BCUT2D eigenvalue weighted by Crippen LogP contribution is 2.39. The molecule has 0 radical (unpaired) electrons. The zero-order valence-corrected chi connectivity index (χ0v) is 14.0. The second-order valence-corrected chi connectivity index (χ2v) is 7.51. The van der Waals surface area contributed by atoms with Crippen molar-refractivity contribution in [2.45, 2.75) is 88.9 Å². The fraction of sp³-hybridized carbons (Fsp3) is 1.00. The third-order valence-corrected chi connectivity index (χ3v) is 6.24. The Labute approximate surface area is 130 Å². The molecule has 4 atom stereocenters. The van der Waals surface area contributed by atoms with E-state index >= 15 is 0 Å². The fourth-order valence-electron chi connectivity index (χ4n) is 4.99. The quantitative estimate of drug-likeness (QED) is 0.780. The largest absolute Gasteiger partial charge is 0.378 e. The van der Waals surface area contributed by atoms with Gasteiger partial charge in [0, 0.05) is 24.7 Å². The summed E-state index contributed by atoms with van der Waals surface area (Å²) in [6.07, 6.45) is 12.8. The number of ether oxygens (including phenoxy) is 1. The molecule has 3 heteroatoms. The van der Waals surface area contributed by atoms with Gasteiger partial charge >= 0.3 is 0 Å². The fourth-order valence-corrected chi connectivity index (χ4v) is 4.99. The van der Waals surface area contributed by atoms with Crippen molar-refractivity contribution in [2.75, 3.05) is 20.2 Å². The summed E-state index contributed by atoms with van der Waals surface area (Å²) in [5, 5.41) is 3.80. The molecule has 0 spiro atoms. The van der Waals surface area contributed by atoms with E-state index in [0.29, 0.717) is 6.10 Å². The van der Waals surface area contributed by atoms with Crippen molar-refractivity contribution >= 4 is 0 Å². The van der Waals surface area contributed by atoms with Gasteiger partial charge in [-0.15, -0.1) is 0 Å². The molecule has 3 aliphatic heterocycles. The summed E-state index contributed by atoms with van der Waals surface area (Å²) in [5.41, 5.74) is 0. The van der Waals surface area contributed by atoms with E-state index in [-0.39, 0.29) is 0 Å². The molecule has 0 aliphatic carbocycles. The summed E-state index contributed by atoms with van der Waals surface area (Å²) in [7, 11) is 2.35. The van der Waals surface area contributed by atoms with Crippen molar-refractivity contribution < 1.29 is 4.74 Å². The van der Waals surface area contributed by atoms with E-state index in [9.17, 15) is 0 Å². The maximum Gasteiger partial charge on any atom is 0.0576 e. The molecule has 3 rings (SSSR count). The van der Waals surface area contributed by atoms with Crippen LogP contribution in [0.3, 0.4) is 0 Å². The van der Waals surface area contributed by atoms with Crippen LogP contribution in [0, 0.1) is 5.92 Å². The predicted octanol–water partition coefficient (Wildman–Crippen LogP) is 3.19. The molecule has 1 N–H and O–H groups in total. The Bertz CT molecular complexity index is 302. The summed E-state index contributed by atoms with van der Waals surface area (Å²) < 4.78 is 5.77. The molecular formula is C18H34N2O. The van der Waals surface area contributed by atoms with Gasteiger partial charge in [-0.3, -0.25) is 0 Å². The lowest BCUT2D eigenvalue weighted by atomic mass is 9.83. The summed E-state index contributed by atoms with van der Waals surface area (Å²) >= 11 is 0. The molecule has 3 nitrogen and oxygen atoms in total. The number of hydrogen-bond acceptors (Lipinski definition) is 3. The SMILES string of the molecule is CCNC(CCCC1CCCO1)C1CC2CCC(C1)N2C. The Morgan fingerprint density at radius 2 is 1.95 bits per heavy atom. The molecule has 0 aromatic heterocycles. The molecular weight excluding hydrogens is 260 g/mol. The minimum Gasteiger partial charge on any atom is -0.378 e. The Morgan fingerprint density at radius 3 is 2.57 bits per heavy atom. The molecule has 3 fully saturated rings. The molecule has 0 aromatic rings. The van der Waals surface area contributed by atoms with Crippen LogP contribution in [0.2, 0.25) is 0 Å². The number of fused-ring (bicyclic) bond motifs is 2. The van der Waals surface area contributed by atoms with E-state index < -0.39 is 0 Å². The van der Waals surface area contributed by atoms with Crippen molar-refractivity contribution in [1.29, 1.82) is 0 Å². The highest BCUT2D eigenvalue weighted by atomic mass is 16.5. The van der Waals surface area contributed by atoms with E-state index in [1.165, 1.54) is 57.8 Å². The number of piperidine rings is 1. The van der Waals surface area contributed by atoms with Crippen LogP contribution < -0.4 is 5.32 Å². The van der Waals surface area contributed by atoms with Crippen molar-refractivity contribution in [3.05, 3.63) is 0 Å². The number of nitrogens with zero attached hydrogens (tertiary/aromatic N) is 1. The highest BCUT2D eigenvalue weighted by Gasteiger charge is 2.40. The van der Waals surface area contributed by atoms with Crippen molar-refractivity contribution in [2.24, 2.45) is 5.92 Å². The lowest BCUT2D eigenvalue weighted by Gasteiger charge is -2.40. The van der Waals surface area contributed by atoms with Crippen LogP contribution in [0.5, 0.6) is 0 Å². The van der Waals surface area contributed by atoms with Gasteiger partial charge in [-0.1, -0.05) is 6.92 Å². The second-order valence-electron chi connectivity index (χ2n) is 7.51. The Hall–Kier alpha value is -0.120. The first-order valence-electron chi connectivity index (χ1n) is 9.34. The number of rotatable bonds is 7. The molecule has 4 unspecified atom stereocenters. The standard InChI is InChI=1S/C18H34N2O/c1-3-19-18(8-4-6-17-7-5-11-21-17)14-12-15-9-10-16(13-14)20(15)2/h14-19H,3-13H2,1-2H3. The average molecular weight is 294 g/mol. The first kappa shape index (κ1) is 15.8. The maximum atomic E-state index is 5.77. The molecule has 2 bridgehead atoms. The molecule has 0 amide bonds. The minimum absolute atomic E-state index is 0.570. The van der Waals surface area contributed by atoms with Crippen molar-refractivity contribution in [3.63, 3.8) is 0 Å². The Balaban J connectivity index is 1.47. The van der Waals surface area contributed by atoms with Gasteiger partial charge < -0.3 is 15.0 Å². The Morgan fingerprint density at radius 1 is 1.19 bits per heavy atom. The first-order chi connectivity index (χ1) is 10.3. The van der Waals surface area contributed by atoms with Crippen LogP contribution in [0.4, 0.5) is 0 Å². The summed E-state index contributed by atoms with van der Waals surface area (Å²) in [4.78, 5) is 2.66. The van der Waals surface area contributed by atoms with Crippen molar-refractivity contribution in [1.82, 2.24) is 10.2 Å². The van der Waals surface area contributed by atoms with E-state index in [1.807, 2.05) is 0 Å². The number of nitrogens with one attached hydrogen (secondary N) is 1. The third-order valence-electron chi connectivity index (χ3n) is 6.24. The Kier molecular flexibility index (Phi) is 5.58. The minimum atomic E-state index is 0.570. The van der Waals surface area contributed by atoms with E-state index in [1.54, 1.807) is 0 Å². The van der Waals surface area contributed by atoms with Crippen LogP contribution in [-0.4, -0.2) is 49.3 Å². The van der Waals surface area contributed by atoms with Crippen LogP contribution >= 0.6 is 0 Å². The smallest absolute Gasteiger partial charge is 0.0576 e. The predicted molar refractivity (Wildman–Crippen MR) is 87.6 cm³/mol. The van der Waals surface area contributed by atoms with Gasteiger partial charge in [0.05, 0.1) is 6.10 Å². The normalized spacial score (nSPS) is 38.0. The van der Waals surface area contributed by atoms with Gasteiger partial charge in [0.25, 0.3) is 0 Å². The molecule has 21 heavy (non-hydrogen) atoms. The average Bonchev–Trinajstić information content (AvgIpc) is 3.04. The van der Waals surface area contributed by atoms with Crippen LogP contribution in [0.15, 0.2) is 0 Å². The van der Waals surface area contributed by atoms with Gasteiger partial charge in [0.15, 0.2) is 0 Å². The highest BCUT2D eigenvalue weighted by molar-refractivity contribution is 4.96. The summed E-state index contributed by atoms with van der Waals surface area (Å²) in [6, 6.07) is 2.48. The van der Waals surface area contributed by atoms with Crippen LogP contribution in [-0.2, 0) is 4.74 Å². The number of hydrogen-bond donors (Lipinski definition) is 1. The van der Waals surface area contributed by atoms with Gasteiger partial charge in [-0.05, 0) is 77.3 Å². The molecule has 122 valence electrons. The molecule has 0 aromatic carbocycles. The van der Waals surface area contributed by atoms with E-state index in [2.05, 4.69) is 24.2 Å². The van der Waals surface area contributed by atoms with Gasteiger partial charge in [0.1, 0.15) is 0 Å². The summed E-state index contributed by atoms with van der Waals surface area (Å²) in [6.45, 7) is 4.38. The molecule has 3 aliphatic rings. The van der Waals surface area contributed by atoms with Crippen molar-refractivity contribution in [3.8, 4) is 0 Å². The second kappa shape index (κ2) is 7.43. The first-order valence-corrected chi connectivity index (χ1v) is 9.34.